The molecule has 0 saturated carbocycles. The highest BCUT2D eigenvalue weighted by Gasteiger charge is 2.12. The average molecular weight is 256 g/mol. The van der Waals surface area contributed by atoms with Crippen LogP contribution in [0.4, 0.5) is 0 Å². The van der Waals surface area contributed by atoms with Crippen molar-refractivity contribution in [3.63, 3.8) is 0 Å². The summed E-state index contributed by atoms with van der Waals surface area (Å²) in [4.78, 5) is 11.6. The predicted molar refractivity (Wildman–Crippen MR) is 69.1 cm³/mol. The number of nitrogens with one attached hydrogen (secondary N) is 1. The lowest BCUT2D eigenvalue weighted by atomic mass is 10.0. The quantitative estimate of drug-likeness (QED) is 0.849. The van der Waals surface area contributed by atoms with Crippen LogP contribution >= 0.6 is 11.6 Å². The second-order valence-electron chi connectivity index (χ2n) is 3.72. The van der Waals surface area contributed by atoms with Gasteiger partial charge >= 0.3 is 0 Å². The van der Waals surface area contributed by atoms with Crippen LogP contribution in [-0.4, -0.2) is 19.1 Å². The molecule has 1 unspecified atom stereocenters. The van der Waals surface area contributed by atoms with Gasteiger partial charge < -0.3 is 10.1 Å². The third-order valence-electron chi connectivity index (χ3n) is 2.43. The van der Waals surface area contributed by atoms with Crippen molar-refractivity contribution in [2.45, 2.75) is 26.3 Å². The van der Waals surface area contributed by atoms with Gasteiger partial charge in [0.1, 0.15) is 6.61 Å². The first-order valence-electron chi connectivity index (χ1n) is 5.80. The van der Waals surface area contributed by atoms with Gasteiger partial charge in [-0.15, -0.1) is 0 Å². The minimum Gasteiger partial charge on any atom is -0.372 e. The van der Waals surface area contributed by atoms with Gasteiger partial charge in [0, 0.05) is 11.6 Å². The van der Waals surface area contributed by atoms with Gasteiger partial charge in [0.25, 0.3) is 0 Å². The molecule has 1 N–H and O–H groups in total. The molecule has 94 valence electrons. The maximum atomic E-state index is 11.6. The smallest absolute Gasteiger partial charge is 0.246 e. The Balaban J connectivity index is 2.62. The molecule has 0 aromatic heterocycles. The first-order chi connectivity index (χ1) is 8.17. The van der Waals surface area contributed by atoms with Crippen molar-refractivity contribution >= 4 is 17.5 Å². The second-order valence-corrected chi connectivity index (χ2v) is 4.16. The van der Waals surface area contributed by atoms with Crippen molar-refractivity contribution in [3.05, 3.63) is 34.9 Å². The maximum Gasteiger partial charge on any atom is 0.246 e. The number of carbonyl (C=O) groups is 1. The summed E-state index contributed by atoms with van der Waals surface area (Å²) in [5.41, 5.74) is 1.02. The SMILES string of the molecule is CCOCC(=O)NC(CC)c1cccc(Cl)c1. The summed E-state index contributed by atoms with van der Waals surface area (Å²) < 4.78 is 5.06. The van der Waals surface area contributed by atoms with Crippen LogP contribution in [0.5, 0.6) is 0 Å². The molecule has 3 nitrogen and oxygen atoms in total. The van der Waals surface area contributed by atoms with E-state index < -0.39 is 0 Å². The lowest BCUT2D eigenvalue weighted by Crippen LogP contribution is -2.31. The first-order valence-corrected chi connectivity index (χ1v) is 6.17. The molecule has 0 spiro atoms. The van der Waals surface area contributed by atoms with Gasteiger partial charge in [-0.2, -0.15) is 0 Å². The summed E-state index contributed by atoms with van der Waals surface area (Å²) in [6.07, 6.45) is 0.818. The highest BCUT2D eigenvalue weighted by atomic mass is 35.5. The highest BCUT2D eigenvalue weighted by Crippen LogP contribution is 2.20. The molecule has 0 aliphatic heterocycles. The van der Waals surface area contributed by atoms with E-state index in [0.29, 0.717) is 11.6 Å². The largest absolute Gasteiger partial charge is 0.372 e. The van der Waals surface area contributed by atoms with Crippen LogP contribution in [-0.2, 0) is 9.53 Å². The molecular weight excluding hydrogens is 238 g/mol. The molecule has 4 heteroatoms. The Hall–Kier alpha value is -1.06. The summed E-state index contributed by atoms with van der Waals surface area (Å²) in [5.74, 6) is -0.0984. The third kappa shape index (κ3) is 4.75. The molecular formula is C13H18ClNO2. The number of ether oxygens (including phenoxy) is 1. The van der Waals surface area contributed by atoms with Crippen molar-refractivity contribution in [1.29, 1.82) is 0 Å². The van der Waals surface area contributed by atoms with Crippen LogP contribution in [0.25, 0.3) is 0 Å². The zero-order chi connectivity index (χ0) is 12.7. The second kappa shape index (κ2) is 7.30. The van der Waals surface area contributed by atoms with Gasteiger partial charge in [-0.3, -0.25) is 4.79 Å². The van der Waals surface area contributed by atoms with Gasteiger partial charge in [0.05, 0.1) is 6.04 Å². The fourth-order valence-corrected chi connectivity index (χ4v) is 1.77. The van der Waals surface area contributed by atoms with E-state index in [2.05, 4.69) is 5.32 Å². The molecule has 0 aliphatic rings. The normalized spacial score (nSPS) is 12.2. The van der Waals surface area contributed by atoms with Crippen LogP contribution in [0.3, 0.4) is 0 Å². The highest BCUT2D eigenvalue weighted by molar-refractivity contribution is 6.30. The number of hydrogen-bond acceptors (Lipinski definition) is 2. The van der Waals surface area contributed by atoms with Crippen LogP contribution in [0, 0.1) is 0 Å². The minimum atomic E-state index is -0.0984. The molecule has 1 aromatic carbocycles. The first kappa shape index (κ1) is 14.0. The third-order valence-corrected chi connectivity index (χ3v) is 2.67. The summed E-state index contributed by atoms with van der Waals surface area (Å²) in [6.45, 7) is 4.53. The molecule has 1 rings (SSSR count). The summed E-state index contributed by atoms with van der Waals surface area (Å²) in [5, 5.41) is 3.60. The Morgan fingerprint density at radius 1 is 1.47 bits per heavy atom. The minimum absolute atomic E-state index is 0.0124. The Morgan fingerprint density at radius 2 is 2.24 bits per heavy atom. The van der Waals surface area contributed by atoms with Gasteiger partial charge in [-0.1, -0.05) is 30.7 Å². The van der Waals surface area contributed by atoms with Gasteiger partial charge in [-0.05, 0) is 31.0 Å². The molecule has 1 aromatic rings. The van der Waals surface area contributed by atoms with E-state index in [0.717, 1.165) is 12.0 Å². The average Bonchev–Trinajstić information content (AvgIpc) is 2.33. The van der Waals surface area contributed by atoms with E-state index in [4.69, 9.17) is 16.3 Å². The summed E-state index contributed by atoms with van der Waals surface area (Å²) in [7, 11) is 0. The van der Waals surface area contributed by atoms with Crippen molar-refractivity contribution in [2.75, 3.05) is 13.2 Å². The van der Waals surface area contributed by atoms with Gasteiger partial charge in [0.15, 0.2) is 0 Å². The number of carbonyl (C=O) groups excluding carboxylic acids is 1. The number of benzene rings is 1. The van der Waals surface area contributed by atoms with E-state index >= 15 is 0 Å². The summed E-state index contributed by atoms with van der Waals surface area (Å²) in [6, 6.07) is 7.52. The lowest BCUT2D eigenvalue weighted by molar-refractivity contribution is -0.126. The van der Waals surface area contributed by atoms with Crippen molar-refractivity contribution < 1.29 is 9.53 Å². The van der Waals surface area contributed by atoms with Crippen molar-refractivity contribution in [2.24, 2.45) is 0 Å². The Labute approximate surface area is 107 Å². The van der Waals surface area contributed by atoms with Crippen LogP contribution < -0.4 is 5.32 Å². The van der Waals surface area contributed by atoms with Gasteiger partial charge in [-0.25, -0.2) is 0 Å². The van der Waals surface area contributed by atoms with E-state index in [1.165, 1.54) is 0 Å². The number of hydrogen-bond donors (Lipinski definition) is 1. The zero-order valence-corrected chi connectivity index (χ0v) is 11.0. The molecule has 1 atom stereocenters. The van der Waals surface area contributed by atoms with E-state index in [9.17, 15) is 4.79 Å². The maximum absolute atomic E-state index is 11.6. The fourth-order valence-electron chi connectivity index (χ4n) is 1.58. The predicted octanol–water partition coefficient (Wildman–Crippen LogP) is 2.94. The molecule has 0 saturated heterocycles. The topological polar surface area (TPSA) is 38.3 Å². The van der Waals surface area contributed by atoms with E-state index in [1.54, 1.807) is 0 Å². The fraction of sp³-hybridized carbons (Fsp3) is 0.462. The zero-order valence-electron chi connectivity index (χ0n) is 10.2. The number of halogens is 1. The van der Waals surface area contributed by atoms with Gasteiger partial charge in [0.2, 0.25) is 5.91 Å². The van der Waals surface area contributed by atoms with E-state index in [1.807, 2.05) is 38.1 Å². The van der Waals surface area contributed by atoms with Crippen molar-refractivity contribution in [3.8, 4) is 0 Å². The standard InChI is InChI=1S/C13H18ClNO2/c1-3-12(15-13(16)9-17-4-2)10-6-5-7-11(14)8-10/h5-8,12H,3-4,9H2,1-2H3,(H,15,16). The number of amides is 1. The molecule has 1 amide bonds. The molecule has 0 bridgehead atoms. The lowest BCUT2D eigenvalue weighted by Gasteiger charge is -2.17. The van der Waals surface area contributed by atoms with Crippen LogP contribution in [0.15, 0.2) is 24.3 Å². The monoisotopic (exact) mass is 255 g/mol. The van der Waals surface area contributed by atoms with Crippen molar-refractivity contribution in [1.82, 2.24) is 5.32 Å². The van der Waals surface area contributed by atoms with Crippen LogP contribution in [0.2, 0.25) is 5.02 Å². The Kier molecular flexibility index (Phi) is 6.01. The molecule has 0 fully saturated rings. The molecule has 17 heavy (non-hydrogen) atoms. The molecule has 0 heterocycles. The Bertz CT molecular complexity index is 368. The number of rotatable bonds is 6. The molecule has 0 radical (unpaired) electrons. The summed E-state index contributed by atoms with van der Waals surface area (Å²) >= 11 is 5.93. The van der Waals surface area contributed by atoms with Crippen LogP contribution in [0.1, 0.15) is 31.9 Å². The molecule has 0 aliphatic carbocycles. The Morgan fingerprint density at radius 3 is 2.82 bits per heavy atom. The van der Waals surface area contributed by atoms with E-state index in [-0.39, 0.29) is 18.6 Å².